The number of hydrogen-bond donors (Lipinski definition) is 0. The number of sulfonamides is 1. The summed E-state index contributed by atoms with van der Waals surface area (Å²) in [5, 5.41) is 0.680. The van der Waals surface area contributed by atoms with E-state index in [1.165, 1.54) is 21.7 Å². The van der Waals surface area contributed by atoms with Gasteiger partial charge in [0.2, 0.25) is 16.0 Å². The number of aryl methyl sites for hydroxylation is 1. The van der Waals surface area contributed by atoms with Crippen molar-refractivity contribution in [2.45, 2.75) is 38.7 Å². The normalized spacial score (nSPS) is 19.5. The van der Waals surface area contributed by atoms with Crippen molar-refractivity contribution in [2.75, 3.05) is 37.3 Å². The van der Waals surface area contributed by atoms with Gasteiger partial charge in [0.25, 0.3) is 5.19 Å². The van der Waals surface area contributed by atoms with Crippen LogP contribution in [-0.2, 0) is 16.4 Å². The smallest absolute Gasteiger partial charge is 0.274 e. The topological polar surface area (TPSA) is 88.5 Å². The Bertz CT molecular complexity index is 1300. The van der Waals surface area contributed by atoms with Gasteiger partial charge in [-0.05, 0) is 41.7 Å². The summed E-state index contributed by atoms with van der Waals surface area (Å²) in [7, 11) is -3.15. The van der Waals surface area contributed by atoms with Crippen molar-refractivity contribution in [3.8, 4) is 5.19 Å². The molecule has 1 aromatic carbocycles. The van der Waals surface area contributed by atoms with Crippen LogP contribution in [0.1, 0.15) is 37.3 Å². The van der Waals surface area contributed by atoms with Crippen molar-refractivity contribution < 1.29 is 13.2 Å². The zero-order valence-corrected chi connectivity index (χ0v) is 21.1. The zero-order valence-electron chi connectivity index (χ0n) is 19.5. The lowest BCUT2D eigenvalue weighted by Gasteiger charge is -2.24. The molecule has 3 aromatic rings. The van der Waals surface area contributed by atoms with Crippen LogP contribution in [0, 0.1) is 0 Å². The minimum absolute atomic E-state index is 0.0574. The molecule has 8 nitrogen and oxygen atoms in total. The number of hydrogen-bond acceptors (Lipinski definition) is 8. The maximum absolute atomic E-state index is 11.8. The van der Waals surface area contributed by atoms with Gasteiger partial charge in [-0.2, -0.15) is 4.31 Å². The third-order valence-electron chi connectivity index (χ3n) is 6.31. The van der Waals surface area contributed by atoms with Gasteiger partial charge in [-0.1, -0.05) is 36.8 Å². The molecule has 4 heterocycles. The van der Waals surface area contributed by atoms with Gasteiger partial charge in [0.05, 0.1) is 23.0 Å². The Balaban J connectivity index is 1.24. The highest BCUT2D eigenvalue weighted by Gasteiger charge is 2.27. The van der Waals surface area contributed by atoms with E-state index in [4.69, 9.17) is 4.74 Å². The molecule has 1 saturated heterocycles. The third-order valence-corrected chi connectivity index (χ3v) is 8.48. The highest BCUT2D eigenvalue weighted by molar-refractivity contribution is 7.88. The lowest BCUT2D eigenvalue weighted by Crippen LogP contribution is -2.33. The van der Waals surface area contributed by atoms with Crippen LogP contribution in [-0.4, -0.2) is 66.2 Å². The fourth-order valence-electron chi connectivity index (χ4n) is 4.45. The van der Waals surface area contributed by atoms with Gasteiger partial charge in [-0.15, -0.1) is 0 Å². The largest absolute Gasteiger partial charge is 0.465 e. The number of rotatable bonds is 7. The highest BCUT2D eigenvalue weighted by Crippen LogP contribution is 2.33. The molecule has 2 aliphatic rings. The second-order valence-electron chi connectivity index (χ2n) is 8.88. The van der Waals surface area contributed by atoms with Crippen LogP contribution >= 0.6 is 11.3 Å². The average molecular weight is 500 g/mol. The monoisotopic (exact) mass is 499 g/mol. The van der Waals surface area contributed by atoms with Crippen LogP contribution in [0.25, 0.3) is 15.8 Å². The van der Waals surface area contributed by atoms with Crippen molar-refractivity contribution in [3.05, 3.63) is 47.8 Å². The number of aromatic nitrogens is 3. The second kappa shape index (κ2) is 9.59. The van der Waals surface area contributed by atoms with E-state index < -0.39 is 10.0 Å². The molecule has 180 valence electrons. The fraction of sp³-hybridized carbons (Fsp3) is 0.458. The molecule has 0 radical (unpaired) electrons. The number of nitrogens with zero attached hydrogens (tertiary/aromatic N) is 5. The number of thiazole rings is 1. The van der Waals surface area contributed by atoms with Crippen LogP contribution in [0.3, 0.4) is 0 Å². The van der Waals surface area contributed by atoms with E-state index >= 15 is 0 Å². The molecule has 0 N–H and O–H groups in total. The first-order chi connectivity index (χ1) is 16.4. The molecule has 1 atom stereocenters. The predicted octanol–water partition coefficient (Wildman–Crippen LogP) is 3.75. The van der Waals surface area contributed by atoms with Gasteiger partial charge in [0.15, 0.2) is 0 Å². The Morgan fingerprint density at radius 3 is 2.74 bits per heavy atom. The minimum atomic E-state index is -3.15. The van der Waals surface area contributed by atoms with E-state index in [1.54, 1.807) is 11.3 Å². The van der Waals surface area contributed by atoms with Gasteiger partial charge in [-0.25, -0.2) is 23.4 Å². The molecule has 0 amide bonds. The molecule has 2 aliphatic heterocycles. The molecular weight excluding hydrogens is 470 g/mol. The first kappa shape index (κ1) is 23.2. The first-order valence-electron chi connectivity index (χ1n) is 11.7. The molecule has 0 saturated carbocycles. The Hall–Kier alpha value is -2.56. The lowest BCUT2D eigenvalue weighted by molar-refractivity contribution is 0.224. The molecule has 34 heavy (non-hydrogen) atoms. The maximum atomic E-state index is 11.8. The number of benzene rings is 1. The van der Waals surface area contributed by atoms with Gasteiger partial charge in [0.1, 0.15) is 6.10 Å². The number of fused-ring (bicyclic) bond motifs is 1. The van der Waals surface area contributed by atoms with E-state index in [2.05, 4.69) is 38.9 Å². The molecule has 1 fully saturated rings. The van der Waals surface area contributed by atoms with E-state index in [1.807, 2.05) is 24.5 Å². The highest BCUT2D eigenvalue weighted by atomic mass is 32.2. The van der Waals surface area contributed by atoms with Crippen molar-refractivity contribution >= 4 is 43.1 Å². The van der Waals surface area contributed by atoms with Gasteiger partial charge in [0, 0.05) is 38.4 Å². The van der Waals surface area contributed by atoms with Crippen molar-refractivity contribution in [2.24, 2.45) is 0 Å². The molecular formula is C24H29N5O3S2. The molecule has 0 bridgehead atoms. The summed E-state index contributed by atoms with van der Waals surface area (Å²) >= 11 is 1.55. The summed E-state index contributed by atoms with van der Waals surface area (Å²) in [4.78, 5) is 15.9. The van der Waals surface area contributed by atoms with E-state index in [9.17, 15) is 8.42 Å². The summed E-state index contributed by atoms with van der Waals surface area (Å²) in [5.41, 5.74) is 4.38. The quantitative estimate of drug-likeness (QED) is 0.489. The fourth-order valence-corrected chi connectivity index (χ4v) is 6.13. The summed E-state index contributed by atoms with van der Waals surface area (Å²) in [6.07, 6.45) is 10.9. The van der Waals surface area contributed by atoms with Crippen molar-refractivity contribution in [1.29, 1.82) is 0 Å². The van der Waals surface area contributed by atoms with Crippen LogP contribution in [0.5, 0.6) is 5.19 Å². The summed E-state index contributed by atoms with van der Waals surface area (Å²) in [6, 6.07) is 6.21. The minimum Gasteiger partial charge on any atom is -0.465 e. The zero-order chi connectivity index (χ0) is 23.7. The number of anilines is 1. The lowest BCUT2D eigenvalue weighted by atomic mass is 10.0. The average Bonchev–Trinajstić information content (AvgIpc) is 3.45. The van der Waals surface area contributed by atoms with Crippen LogP contribution in [0.4, 0.5) is 5.95 Å². The third kappa shape index (κ3) is 5.08. The predicted molar refractivity (Wildman–Crippen MR) is 136 cm³/mol. The van der Waals surface area contributed by atoms with Gasteiger partial charge >= 0.3 is 0 Å². The first-order valence-corrected chi connectivity index (χ1v) is 14.3. The Morgan fingerprint density at radius 2 is 2.03 bits per heavy atom. The van der Waals surface area contributed by atoms with Crippen LogP contribution in [0.2, 0.25) is 0 Å². The standard InChI is InChI=1S/C24H29N5O3S2/c1-3-4-17-14-25-23(26-15-17)28-10-9-20(16-28)32-24-27-21-6-5-19(13-22(21)33-24)18-7-11-29(12-8-18)34(2,30)31/h5-7,13-15,20H,3-4,8-12,16H2,1-2H3/t20-/m0/s1. The molecule has 0 unspecified atom stereocenters. The SMILES string of the molecule is CCCc1cnc(N2CC[C@H](Oc3nc4ccc(C5=CCN(S(C)(=O)=O)CC5)cc4s3)C2)nc1. The maximum Gasteiger partial charge on any atom is 0.274 e. The van der Waals surface area contributed by atoms with Gasteiger partial charge < -0.3 is 9.64 Å². The molecule has 0 spiro atoms. The number of ether oxygens (including phenoxy) is 1. The van der Waals surface area contributed by atoms with Crippen molar-refractivity contribution in [1.82, 2.24) is 19.3 Å². The Labute approximate surface area is 204 Å². The van der Waals surface area contributed by atoms with Gasteiger partial charge in [-0.3, -0.25) is 0 Å². The Kier molecular flexibility index (Phi) is 6.54. The molecule has 0 aliphatic carbocycles. The Morgan fingerprint density at radius 1 is 1.21 bits per heavy atom. The summed E-state index contributed by atoms with van der Waals surface area (Å²) < 4.78 is 32.3. The van der Waals surface area contributed by atoms with E-state index in [-0.39, 0.29) is 6.10 Å². The summed E-state index contributed by atoms with van der Waals surface area (Å²) in [6.45, 7) is 4.71. The molecule has 2 aromatic heterocycles. The van der Waals surface area contributed by atoms with E-state index in [0.717, 1.165) is 54.1 Å². The molecule has 10 heteroatoms. The van der Waals surface area contributed by atoms with E-state index in [0.29, 0.717) is 24.7 Å². The van der Waals surface area contributed by atoms with Crippen LogP contribution in [0.15, 0.2) is 36.7 Å². The second-order valence-corrected chi connectivity index (χ2v) is 11.9. The summed E-state index contributed by atoms with van der Waals surface area (Å²) in [5.74, 6) is 0.759. The van der Waals surface area contributed by atoms with Crippen LogP contribution < -0.4 is 9.64 Å². The van der Waals surface area contributed by atoms with Crippen molar-refractivity contribution in [3.63, 3.8) is 0 Å². The molecule has 5 rings (SSSR count).